The molecule has 1 aliphatic rings. The van der Waals surface area contributed by atoms with Crippen molar-refractivity contribution in [3.05, 3.63) is 44.5 Å². The van der Waals surface area contributed by atoms with Gasteiger partial charge in [0, 0.05) is 11.8 Å². The number of thiophene rings is 1. The summed E-state index contributed by atoms with van der Waals surface area (Å²) >= 11 is 1.68. The molecule has 2 aromatic rings. The number of H-pyrrole nitrogens is 1. The first kappa shape index (κ1) is 10.8. The Bertz CT molecular complexity index is 568. The van der Waals surface area contributed by atoms with Gasteiger partial charge in [0.05, 0.1) is 0 Å². The minimum Gasteiger partial charge on any atom is -0.326 e. The fraction of sp³-hybridized carbons (Fsp3) is 0.357. The summed E-state index contributed by atoms with van der Waals surface area (Å²) in [6, 6.07) is 3.86. The number of hydrogen-bond donors (Lipinski definition) is 1. The SMILES string of the molecule is O=c1cc(-c2ccsc2)c2c([nH]1)CCCCC2. The van der Waals surface area contributed by atoms with Gasteiger partial charge in [0.15, 0.2) is 0 Å². The number of aryl methyl sites for hydroxylation is 1. The highest BCUT2D eigenvalue weighted by Crippen LogP contribution is 2.29. The van der Waals surface area contributed by atoms with Gasteiger partial charge in [-0.1, -0.05) is 6.42 Å². The number of hydrogen-bond acceptors (Lipinski definition) is 2. The first-order valence-corrected chi connectivity index (χ1v) is 7.06. The lowest BCUT2D eigenvalue weighted by molar-refractivity contribution is 0.708. The third-order valence-electron chi connectivity index (χ3n) is 3.42. The van der Waals surface area contributed by atoms with E-state index in [0.717, 1.165) is 24.1 Å². The smallest absolute Gasteiger partial charge is 0.248 e. The molecule has 0 spiro atoms. The molecule has 0 aliphatic heterocycles. The van der Waals surface area contributed by atoms with Crippen LogP contribution in [0.2, 0.25) is 0 Å². The van der Waals surface area contributed by atoms with Gasteiger partial charge in [-0.2, -0.15) is 11.3 Å². The van der Waals surface area contributed by atoms with Gasteiger partial charge in [-0.05, 0) is 59.2 Å². The number of aromatic nitrogens is 1. The molecule has 0 amide bonds. The van der Waals surface area contributed by atoms with Crippen LogP contribution >= 0.6 is 11.3 Å². The van der Waals surface area contributed by atoms with Crippen LogP contribution in [0.15, 0.2) is 27.7 Å². The highest BCUT2D eigenvalue weighted by molar-refractivity contribution is 7.08. The van der Waals surface area contributed by atoms with Crippen molar-refractivity contribution in [2.24, 2.45) is 0 Å². The Morgan fingerprint density at radius 1 is 1.18 bits per heavy atom. The van der Waals surface area contributed by atoms with Crippen LogP contribution in [0.5, 0.6) is 0 Å². The van der Waals surface area contributed by atoms with Crippen LogP contribution in [0.25, 0.3) is 11.1 Å². The first-order chi connectivity index (χ1) is 8.34. The van der Waals surface area contributed by atoms with E-state index >= 15 is 0 Å². The molecule has 88 valence electrons. The highest BCUT2D eigenvalue weighted by Gasteiger charge is 2.14. The maximum absolute atomic E-state index is 11.7. The first-order valence-electron chi connectivity index (χ1n) is 6.12. The van der Waals surface area contributed by atoms with E-state index in [-0.39, 0.29) is 5.56 Å². The number of fused-ring (bicyclic) bond motifs is 1. The van der Waals surface area contributed by atoms with Gasteiger partial charge in [0.2, 0.25) is 5.56 Å². The van der Waals surface area contributed by atoms with Crippen molar-refractivity contribution in [2.75, 3.05) is 0 Å². The van der Waals surface area contributed by atoms with E-state index in [1.165, 1.54) is 30.4 Å². The largest absolute Gasteiger partial charge is 0.326 e. The van der Waals surface area contributed by atoms with Crippen LogP contribution in [0.1, 0.15) is 30.5 Å². The highest BCUT2D eigenvalue weighted by atomic mass is 32.1. The Hall–Kier alpha value is -1.35. The van der Waals surface area contributed by atoms with Crippen molar-refractivity contribution in [3.8, 4) is 11.1 Å². The van der Waals surface area contributed by atoms with E-state index in [9.17, 15) is 4.79 Å². The predicted octanol–water partition coefficient (Wildman–Crippen LogP) is 3.37. The quantitative estimate of drug-likeness (QED) is 0.768. The average molecular weight is 245 g/mol. The lowest BCUT2D eigenvalue weighted by Gasteiger charge is -2.10. The molecule has 0 bridgehead atoms. The van der Waals surface area contributed by atoms with Gasteiger partial charge in [-0.25, -0.2) is 0 Å². The van der Waals surface area contributed by atoms with Gasteiger partial charge in [-0.15, -0.1) is 0 Å². The Balaban J connectivity index is 2.20. The fourth-order valence-electron chi connectivity index (χ4n) is 2.60. The van der Waals surface area contributed by atoms with Gasteiger partial charge in [-0.3, -0.25) is 4.79 Å². The lowest BCUT2D eigenvalue weighted by atomic mass is 9.98. The monoisotopic (exact) mass is 245 g/mol. The van der Waals surface area contributed by atoms with E-state index in [1.54, 1.807) is 17.4 Å². The molecule has 0 atom stereocenters. The predicted molar refractivity (Wildman–Crippen MR) is 71.6 cm³/mol. The third kappa shape index (κ3) is 2.07. The van der Waals surface area contributed by atoms with Crippen molar-refractivity contribution < 1.29 is 0 Å². The Morgan fingerprint density at radius 3 is 2.88 bits per heavy atom. The van der Waals surface area contributed by atoms with Crippen LogP contribution in [-0.4, -0.2) is 4.98 Å². The second-order valence-corrected chi connectivity index (χ2v) is 5.36. The van der Waals surface area contributed by atoms with E-state index in [1.807, 2.05) is 0 Å². The molecule has 0 fully saturated rings. The van der Waals surface area contributed by atoms with Crippen LogP contribution < -0.4 is 5.56 Å². The number of pyridine rings is 1. The summed E-state index contributed by atoms with van der Waals surface area (Å²) in [5.41, 5.74) is 4.90. The maximum atomic E-state index is 11.7. The molecular weight excluding hydrogens is 230 g/mol. The van der Waals surface area contributed by atoms with Crippen molar-refractivity contribution in [3.63, 3.8) is 0 Å². The number of rotatable bonds is 1. The van der Waals surface area contributed by atoms with Crippen LogP contribution in [0.4, 0.5) is 0 Å². The fourth-order valence-corrected chi connectivity index (χ4v) is 3.25. The molecule has 17 heavy (non-hydrogen) atoms. The summed E-state index contributed by atoms with van der Waals surface area (Å²) in [5.74, 6) is 0. The van der Waals surface area contributed by atoms with Gasteiger partial charge < -0.3 is 4.98 Å². The standard InChI is InChI=1S/C14H15NOS/c16-14-8-12(10-6-7-17-9-10)11-4-2-1-3-5-13(11)15-14/h6-9H,1-5H2,(H,15,16). The molecule has 0 aromatic carbocycles. The molecule has 1 aliphatic carbocycles. The molecular formula is C14H15NOS. The molecule has 0 radical (unpaired) electrons. The van der Waals surface area contributed by atoms with Crippen molar-refractivity contribution in [2.45, 2.75) is 32.1 Å². The zero-order valence-corrected chi connectivity index (χ0v) is 10.5. The van der Waals surface area contributed by atoms with E-state index in [4.69, 9.17) is 0 Å². The minimum absolute atomic E-state index is 0.0341. The average Bonchev–Trinajstić information content (AvgIpc) is 2.74. The summed E-state index contributed by atoms with van der Waals surface area (Å²) in [5, 5.41) is 4.19. The van der Waals surface area contributed by atoms with Crippen LogP contribution in [0, 0.1) is 0 Å². The summed E-state index contributed by atoms with van der Waals surface area (Å²) in [7, 11) is 0. The van der Waals surface area contributed by atoms with E-state index in [0.29, 0.717) is 0 Å². The molecule has 3 rings (SSSR count). The maximum Gasteiger partial charge on any atom is 0.248 e. The minimum atomic E-state index is 0.0341. The summed E-state index contributed by atoms with van der Waals surface area (Å²) in [6.07, 6.45) is 5.80. The molecule has 0 saturated carbocycles. The molecule has 0 unspecified atom stereocenters. The zero-order valence-electron chi connectivity index (χ0n) is 9.66. The molecule has 2 heterocycles. The lowest BCUT2D eigenvalue weighted by Crippen LogP contribution is -2.11. The Labute approximate surface area is 104 Å². The van der Waals surface area contributed by atoms with Crippen molar-refractivity contribution in [1.82, 2.24) is 4.98 Å². The van der Waals surface area contributed by atoms with E-state index in [2.05, 4.69) is 21.8 Å². The van der Waals surface area contributed by atoms with Gasteiger partial charge >= 0.3 is 0 Å². The van der Waals surface area contributed by atoms with Crippen molar-refractivity contribution >= 4 is 11.3 Å². The molecule has 2 nitrogen and oxygen atoms in total. The van der Waals surface area contributed by atoms with Gasteiger partial charge in [0.25, 0.3) is 0 Å². The third-order valence-corrected chi connectivity index (χ3v) is 4.11. The second kappa shape index (κ2) is 4.49. The van der Waals surface area contributed by atoms with E-state index < -0.39 is 0 Å². The number of nitrogens with one attached hydrogen (secondary N) is 1. The van der Waals surface area contributed by atoms with Gasteiger partial charge in [0.1, 0.15) is 0 Å². The Kier molecular flexibility index (Phi) is 2.85. The normalized spacial score (nSPS) is 15.3. The summed E-state index contributed by atoms with van der Waals surface area (Å²) in [4.78, 5) is 14.7. The number of aromatic amines is 1. The van der Waals surface area contributed by atoms with Crippen LogP contribution in [0.3, 0.4) is 0 Å². The summed E-state index contributed by atoms with van der Waals surface area (Å²) in [6.45, 7) is 0. The Morgan fingerprint density at radius 2 is 2.06 bits per heavy atom. The van der Waals surface area contributed by atoms with Crippen LogP contribution in [-0.2, 0) is 12.8 Å². The topological polar surface area (TPSA) is 32.9 Å². The second-order valence-electron chi connectivity index (χ2n) is 4.58. The molecule has 3 heteroatoms. The van der Waals surface area contributed by atoms with Crippen molar-refractivity contribution in [1.29, 1.82) is 0 Å². The molecule has 0 saturated heterocycles. The zero-order chi connectivity index (χ0) is 11.7. The summed E-state index contributed by atoms with van der Waals surface area (Å²) < 4.78 is 0. The molecule has 2 aromatic heterocycles. The molecule has 1 N–H and O–H groups in total.